The summed E-state index contributed by atoms with van der Waals surface area (Å²) in [5.41, 5.74) is 4.74. The van der Waals surface area contributed by atoms with Crippen LogP contribution in [0.15, 0.2) is 72.8 Å². The number of hydrogen-bond acceptors (Lipinski definition) is 3. The molecule has 5 heteroatoms. The highest BCUT2D eigenvalue weighted by molar-refractivity contribution is 5.71. The second kappa shape index (κ2) is 10.8. The number of halogens is 1. The molecule has 0 unspecified atom stereocenters. The topological polar surface area (TPSA) is 55.8 Å². The molecule has 0 aliphatic rings. The van der Waals surface area contributed by atoms with Crippen LogP contribution in [0, 0.1) is 5.82 Å². The Bertz CT molecular complexity index is 1210. The van der Waals surface area contributed by atoms with Crippen molar-refractivity contribution in [2.75, 3.05) is 7.11 Å². The second-order valence-electron chi connectivity index (χ2n) is 9.83. The number of aliphatic carboxylic acids is 1. The van der Waals surface area contributed by atoms with E-state index in [1.807, 2.05) is 49.4 Å². The summed E-state index contributed by atoms with van der Waals surface area (Å²) in [6, 6.07) is 18.2. The van der Waals surface area contributed by atoms with E-state index in [0.717, 1.165) is 27.8 Å². The maximum atomic E-state index is 14.9. The van der Waals surface area contributed by atoms with E-state index < -0.39 is 5.97 Å². The van der Waals surface area contributed by atoms with E-state index in [2.05, 4.69) is 27.4 Å². The molecule has 35 heavy (non-hydrogen) atoms. The first-order valence-electron chi connectivity index (χ1n) is 11.6. The minimum Gasteiger partial charge on any atom is -0.497 e. The highest BCUT2D eigenvalue weighted by Crippen LogP contribution is 2.37. The van der Waals surface area contributed by atoms with Crippen LogP contribution in [0.1, 0.15) is 56.7 Å². The van der Waals surface area contributed by atoms with Crippen LogP contribution >= 0.6 is 0 Å². The highest BCUT2D eigenvalue weighted by Gasteiger charge is 2.21. The monoisotopic (exact) mass is 476 g/mol. The lowest BCUT2D eigenvalue weighted by Gasteiger charge is -2.24. The van der Waals surface area contributed by atoms with Crippen molar-refractivity contribution >= 4 is 5.97 Å². The van der Waals surface area contributed by atoms with E-state index in [0.29, 0.717) is 23.7 Å². The summed E-state index contributed by atoms with van der Waals surface area (Å²) in [4.78, 5) is 11.2. The molecule has 0 fully saturated rings. The van der Waals surface area contributed by atoms with Crippen molar-refractivity contribution in [3.05, 3.63) is 95.3 Å². The van der Waals surface area contributed by atoms with Gasteiger partial charge in [-0.05, 0) is 71.0 Å². The summed E-state index contributed by atoms with van der Waals surface area (Å²) in [5, 5.41) is 9.18. The maximum Gasteiger partial charge on any atom is 0.304 e. The molecule has 0 spiro atoms. The summed E-state index contributed by atoms with van der Waals surface area (Å²) in [7, 11) is 1.57. The van der Waals surface area contributed by atoms with Gasteiger partial charge in [0.2, 0.25) is 0 Å². The van der Waals surface area contributed by atoms with Crippen LogP contribution in [0.4, 0.5) is 4.39 Å². The fraction of sp³-hybridized carbons (Fsp3) is 0.300. The first-order chi connectivity index (χ1) is 16.5. The van der Waals surface area contributed by atoms with Crippen LogP contribution in [-0.4, -0.2) is 18.2 Å². The number of rotatable bonds is 9. The van der Waals surface area contributed by atoms with Crippen molar-refractivity contribution in [2.45, 2.75) is 52.1 Å². The summed E-state index contributed by atoms with van der Waals surface area (Å²) >= 11 is 0. The average Bonchev–Trinajstić information content (AvgIpc) is 2.81. The van der Waals surface area contributed by atoms with Gasteiger partial charge in [-0.15, -0.1) is 0 Å². The summed E-state index contributed by atoms with van der Waals surface area (Å²) < 4.78 is 26.2. The SMILES string of the molecule is C=C(C)[C@@H](CC(=O)O)c1ccc(OCc2ccc(C(C)(C)C)c(-c3cc(OC)ccc3F)c2)cc1. The molecule has 0 amide bonds. The van der Waals surface area contributed by atoms with E-state index in [9.17, 15) is 14.3 Å². The van der Waals surface area contributed by atoms with Crippen LogP contribution in [-0.2, 0) is 16.8 Å². The van der Waals surface area contributed by atoms with Gasteiger partial charge in [0, 0.05) is 11.5 Å². The summed E-state index contributed by atoms with van der Waals surface area (Å²) in [5.74, 6) is -0.150. The minimum absolute atomic E-state index is 0.000724. The lowest BCUT2D eigenvalue weighted by molar-refractivity contribution is -0.137. The van der Waals surface area contributed by atoms with Gasteiger partial charge in [-0.3, -0.25) is 4.79 Å². The van der Waals surface area contributed by atoms with Crippen LogP contribution in [0.25, 0.3) is 11.1 Å². The third-order valence-corrected chi connectivity index (χ3v) is 6.02. The first kappa shape index (κ1) is 26.0. The zero-order chi connectivity index (χ0) is 25.8. The third-order valence-electron chi connectivity index (χ3n) is 6.02. The molecule has 0 aromatic heterocycles. The number of carboxylic acid groups (broad SMARTS) is 1. The Balaban J connectivity index is 1.86. The number of benzene rings is 3. The van der Waals surface area contributed by atoms with Crippen LogP contribution < -0.4 is 9.47 Å². The molecule has 4 nitrogen and oxygen atoms in total. The van der Waals surface area contributed by atoms with E-state index in [1.165, 1.54) is 6.07 Å². The Hall–Kier alpha value is -3.60. The molecule has 0 heterocycles. The number of hydrogen-bond donors (Lipinski definition) is 1. The molecule has 184 valence electrons. The van der Waals surface area contributed by atoms with Gasteiger partial charge >= 0.3 is 5.97 Å². The molecular formula is C30H33FO4. The number of carboxylic acids is 1. The lowest BCUT2D eigenvalue weighted by Crippen LogP contribution is -2.13. The fourth-order valence-electron chi connectivity index (χ4n) is 4.11. The minimum atomic E-state index is -0.861. The lowest BCUT2D eigenvalue weighted by atomic mass is 9.81. The van der Waals surface area contributed by atoms with Gasteiger partial charge in [-0.2, -0.15) is 0 Å². The van der Waals surface area contributed by atoms with Gasteiger partial charge in [0.15, 0.2) is 0 Å². The highest BCUT2D eigenvalue weighted by atomic mass is 19.1. The van der Waals surface area contributed by atoms with E-state index >= 15 is 0 Å². The number of carbonyl (C=O) groups is 1. The average molecular weight is 477 g/mol. The van der Waals surface area contributed by atoms with Gasteiger partial charge < -0.3 is 14.6 Å². The largest absolute Gasteiger partial charge is 0.497 e. The predicted molar refractivity (Wildman–Crippen MR) is 138 cm³/mol. The van der Waals surface area contributed by atoms with Crippen LogP contribution in [0.5, 0.6) is 11.5 Å². The van der Waals surface area contributed by atoms with Crippen molar-refractivity contribution in [3.63, 3.8) is 0 Å². The molecule has 1 N–H and O–H groups in total. The number of allylic oxidation sites excluding steroid dienone is 1. The molecule has 0 saturated heterocycles. The molecule has 0 saturated carbocycles. The first-order valence-corrected chi connectivity index (χ1v) is 11.6. The van der Waals surface area contributed by atoms with Gasteiger partial charge in [0.25, 0.3) is 0 Å². The van der Waals surface area contributed by atoms with E-state index in [4.69, 9.17) is 9.47 Å². The van der Waals surface area contributed by atoms with Gasteiger partial charge in [0.1, 0.15) is 23.9 Å². The van der Waals surface area contributed by atoms with Crippen LogP contribution in [0.2, 0.25) is 0 Å². The summed E-state index contributed by atoms with van der Waals surface area (Å²) in [6.07, 6.45) is -0.000724. The normalized spacial score (nSPS) is 12.2. The summed E-state index contributed by atoms with van der Waals surface area (Å²) in [6.45, 7) is 12.4. The molecule has 0 aliphatic heterocycles. The Morgan fingerprint density at radius 1 is 1.00 bits per heavy atom. The van der Waals surface area contributed by atoms with Gasteiger partial charge in [-0.25, -0.2) is 4.39 Å². The van der Waals surface area contributed by atoms with E-state index in [1.54, 1.807) is 19.2 Å². The molecular weight excluding hydrogens is 443 g/mol. The fourth-order valence-corrected chi connectivity index (χ4v) is 4.11. The number of ether oxygens (including phenoxy) is 2. The Morgan fingerprint density at radius 2 is 1.66 bits per heavy atom. The molecule has 3 aromatic carbocycles. The Labute approximate surface area is 207 Å². The molecule has 0 radical (unpaired) electrons. The standard InChI is InChI=1S/C30H33FO4/c1-19(2)24(17-29(32)33)21-8-10-22(11-9-21)35-18-20-7-13-27(30(3,4)5)25(15-20)26-16-23(34-6)12-14-28(26)31/h7-16,24H,1,17-18H2,2-6H3,(H,32,33)/t24-/m1/s1. The van der Waals surface area contributed by atoms with Crippen molar-refractivity contribution in [2.24, 2.45) is 0 Å². The van der Waals surface area contributed by atoms with Crippen LogP contribution in [0.3, 0.4) is 0 Å². The molecule has 0 bridgehead atoms. The van der Waals surface area contributed by atoms with Crippen molar-refractivity contribution in [1.29, 1.82) is 0 Å². The zero-order valence-electron chi connectivity index (χ0n) is 21.0. The maximum absolute atomic E-state index is 14.9. The predicted octanol–water partition coefficient (Wildman–Crippen LogP) is 7.51. The zero-order valence-corrected chi connectivity index (χ0v) is 21.0. The van der Waals surface area contributed by atoms with Crippen molar-refractivity contribution < 1.29 is 23.8 Å². The Morgan fingerprint density at radius 3 is 2.23 bits per heavy atom. The smallest absolute Gasteiger partial charge is 0.304 e. The van der Waals surface area contributed by atoms with E-state index in [-0.39, 0.29) is 23.6 Å². The van der Waals surface area contributed by atoms with Gasteiger partial charge in [-0.1, -0.05) is 57.2 Å². The van der Waals surface area contributed by atoms with Gasteiger partial charge in [0.05, 0.1) is 13.5 Å². The third kappa shape index (κ3) is 6.50. The number of methoxy groups -OCH3 is 1. The Kier molecular flexibility index (Phi) is 8.00. The molecule has 3 aromatic rings. The van der Waals surface area contributed by atoms with Crippen molar-refractivity contribution in [1.82, 2.24) is 0 Å². The molecule has 3 rings (SSSR count). The molecule has 0 aliphatic carbocycles. The molecule has 1 atom stereocenters. The quantitative estimate of drug-likeness (QED) is 0.325. The van der Waals surface area contributed by atoms with Crippen molar-refractivity contribution in [3.8, 4) is 22.6 Å². The second-order valence-corrected chi connectivity index (χ2v) is 9.83.